The third kappa shape index (κ3) is 4.00. The van der Waals surface area contributed by atoms with Crippen LogP contribution in [0.3, 0.4) is 0 Å². The van der Waals surface area contributed by atoms with Gasteiger partial charge < -0.3 is 19.5 Å². The Morgan fingerprint density at radius 1 is 1.15 bits per heavy atom. The zero-order chi connectivity index (χ0) is 22.9. The van der Waals surface area contributed by atoms with Gasteiger partial charge in [-0.2, -0.15) is 0 Å². The second-order valence-corrected chi connectivity index (χ2v) is 8.44. The van der Waals surface area contributed by atoms with Gasteiger partial charge in [-0.3, -0.25) is 4.79 Å². The van der Waals surface area contributed by atoms with E-state index in [0.29, 0.717) is 39.3 Å². The van der Waals surface area contributed by atoms with E-state index >= 15 is 0 Å². The molecular formula is C23H21N5O4S. The van der Waals surface area contributed by atoms with Gasteiger partial charge in [0.25, 0.3) is 5.91 Å². The number of carbonyl (C=O) groups is 1. The average Bonchev–Trinajstić information content (AvgIpc) is 3.55. The van der Waals surface area contributed by atoms with Crippen LogP contribution in [0.15, 0.2) is 42.5 Å². The minimum Gasteiger partial charge on any atom is -0.497 e. The van der Waals surface area contributed by atoms with Crippen LogP contribution in [-0.2, 0) is 6.54 Å². The van der Waals surface area contributed by atoms with Crippen molar-refractivity contribution in [3.05, 3.63) is 64.3 Å². The molecule has 1 N–H and O–H groups in total. The summed E-state index contributed by atoms with van der Waals surface area (Å²) in [6.07, 6.45) is 0. The van der Waals surface area contributed by atoms with Crippen LogP contribution in [0, 0.1) is 13.8 Å². The number of fused-ring (bicyclic) bond motifs is 1. The number of amides is 1. The zero-order valence-electron chi connectivity index (χ0n) is 18.3. The second kappa shape index (κ2) is 8.55. The minimum atomic E-state index is -0.186. The molecule has 1 amide bonds. The molecule has 2 aromatic carbocycles. The van der Waals surface area contributed by atoms with Crippen LogP contribution in [0.4, 0.5) is 0 Å². The van der Waals surface area contributed by atoms with Crippen molar-refractivity contribution >= 4 is 17.2 Å². The predicted octanol–water partition coefficient (Wildman–Crippen LogP) is 3.67. The topological polar surface area (TPSA) is 100 Å². The Labute approximate surface area is 193 Å². The Morgan fingerprint density at radius 3 is 2.73 bits per heavy atom. The molecule has 0 unspecified atom stereocenters. The van der Waals surface area contributed by atoms with Crippen LogP contribution in [0.5, 0.6) is 17.2 Å². The van der Waals surface area contributed by atoms with Gasteiger partial charge in [0.05, 0.1) is 24.2 Å². The molecule has 33 heavy (non-hydrogen) atoms. The van der Waals surface area contributed by atoms with E-state index in [-0.39, 0.29) is 12.7 Å². The first-order valence-electron chi connectivity index (χ1n) is 10.2. The lowest BCUT2D eigenvalue weighted by molar-refractivity contribution is 0.0954. The largest absolute Gasteiger partial charge is 0.497 e. The van der Waals surface area contributed by atoms with Gasteiger partial charge in [0.2, 0.25) is 6.79 Å². The summed E-state index contributed by atoms with van der Waals surface area (Å²) in [6.45, 7) is 4.33. The highest BCUT2D eigenvalue weighted by molar-refractivity contribution is 7.17. The smallest absolute Gasteiger partial charge is 0.263 e. The summed E-state index contributed by atoms with van der Waals surface area (Å²) < 4.78 is 17.7. The lowest BCUT2D eigenvalue weighted by Gasteiger charge is -2.05. The van der Waals surface area contributed by atoms with Gasteiger partial charge in [0.1, 0.15) is 21.3 Å². The Morgan fingerprint density at radius 2 is 1.94 bits per heavy atom. The Hall–Kier alpha value is -3.92. The van der Waals surface area contributed by atoms with Crippen molar-refractivity contribution in [3.8, 4) is 33.6 Å². The quantitative estimate of drug-likeness (QED) is 0.466. The number of aromatic nitrogens is 4. The molecule has 2 aromatic heterocycles. The maximum absolute atomic E-state index is 12.8. The van der Waals surface area contributed by atoms with Crippen molar-refractivity contribution in [2.45, 2.75) is 20.4 Å². The molecule has 0 atom stereocenters. The van der Waals surface area contributed by atoms with Gasteiger partial charge >= 0.3 is 0 Å². The third-order valence-electron chi connectivity index (χ3n) is 5.31. The molecule has 0 aliphatic carbocycles. The minimum absolute atomic E-state index is 0.186. The molecule has 3 heterocycles. The molecule has 168 valence electrons. The number of hydrogen-bond acceptors (Lipinski definition) is 8. The first-order chi connectivity index (χ1) is 16.0. The third-order valence-corrected chi connectivity index (χ3v) is 6.47. The number of ether oxygens (including phenoxy) is 3. The number of carbonyl (C=O) groups excluding carboxylic acids is 1. The molecule has 9 nitrogen and oxygen atoms in total. The normalized spacial score (nSPS) is 12.1. The van der Waals surface area contributed by atoms with Crippen LogP contribution in [-0.4, -0.2) is 39.8 Å². The standard InChI is InChI=1S/C23H21N5O4S/c1-13-21(22(29)24-11-15-4-9-18-19(10-15)32-12-31-18)33-23(25-13)20-14(2)28(27-26-20)16-5-7-17(30-3)8-6-16/h4-10H,11-12H2,1-3H3,(H,24,29). The summed E-state index contributed by atoms with van der Waals surface area (Å²) >= 11 is 1.30. The Balaban J connectivity index is 1.33. The fourth-order valence-corrected chi connectivity index (χ4v) is 4.54. The number of nitrogens with one attached hydrogen (secondary N) is 1. The SMILES string of the molecule is COc1ccc(-n2nnc(-c3nc(C)c(C(=O)NCc4ccc5c(c4)OCO5)s3)c2C)cc1. The summed E-state index contributed by atoms with van der Waals surface area (Å²) in [5, 5.41) is 12.2. The lowest BCUT2D eigenvalue weighted by Crippen LogP contribution is -2.22. The van der Waals surface area contributed by atoms with E-state index in [0.717, 1.165) is 22.7 Å². The van der Waals surface area contributed by atoms with E-state index in [4.69, 9.17) is 14.2 Å². The number of hydrogen-bond donors (Lipinski definition) is 1. The second-order valence-electron chi connectivity index (χ2n) is 7.44. The van der Waals surface area contributed by atoms with Gasteiger partial charge in [-0.1, -0.05) is 11.3 Å². The molecule has 0 spiro atoms. The van der Waals surface area contributed by atoms with E-state index in [1.165, 1.54) is 11.3 Å². The highest BCUT2D eigenvalue weighted by atomic mass is 32.1. The molecule has 10 heteroatoms. The number of nitrogens with zero attached hydrogens (tertiary/aromatic N) is 4. The number of rotatable bonds is 6. The number of benzene rings is 2. The molecule has 1 aliphatic rings. The fourth-order valence-electron chi connectivity index (χ4n) is 3.52. The maximum atomic E-state index is 12.8. The van der Waals surface area contributed by atoms with Gasteiger partial charge in [-0.25, -0.2) is 9.67 Å². The monoisotopic (exact) mass is 463 g/mol. The van der Waals surface area contributed by atoms with Crippen molar-refractivity contribution in [1.82, 2.24) is 25.3 Å². The van der Waals surface area contributed by atoms with E-state index in [2.05, 4.69) is 20.6 Å². The maximum Gasteiger partial charge on any atom is 0.263 e. The summed E-state index contributed by atoms with van der Waals surface area (Å²) in [5.41, 5.74) is 3.92. The van der Waals surface area contributed by atoms with E-state index < -0.39 is 0 Å². The van der Waals surface area contributed by atoms with Gasteiger partial charge in [-0.05, 0) is 55.8 Å². The van der Waals surface area contributed by atoms with Crippen LogP contribution >= 0.6 is 11.3 Å². The van der Waals surface area contributed by atoms with E-state index in [1.807, 2.05) is 56.3 Å². The first kappa shape index (κ1) is 21.0. The van der Waals surface area contributed by atoms with Gasteiger partial charge in [-0.15, -0.1) is 16.4 Å². The Kier molecular flexibility index (Phi) is 5.43. The van der Waals surface area contributed by atoms with Crippen LogP contribution < -0.4 is 19.5 Å². The van der Waals surface area contributed by atoms with Crippen molar-refractivity contribution in [2.75, 3.05) is 13.9 Å². The molecule has 0 fully saturated rings. The van der Waals surface area contributed by atoms with Crippen LogP contribution in [0.1, 0.15) is 26.6 Å². The Bertz CT molecular complexity index is 1330. The molecule has 0 radical (unpaired) electrons. The van der Waals surface area contributed by atoms with Gasteiger partial charge in [0.15, 0.2) is 11.5 Å². The lowest BCUT2D eigenvalue weighted by atomic mass is 10.2. The highest BCUT2D eigenvalue weighted by Crippen LogP contribution is 2.33. The molecule has 4 aromatic rings. The van der Waals surface area contributed by atoms with Gasteiger partial charge in [0, 0.05) is 6.54 Å². The number of thiazole rings is 1. The molecule has 0 saturated heterocycles. The molecular weight excluding hydrogens is 442 g/mol. The van der Waals surface area contributed by atoms with Crippen molar-refractivity contribution in [3.63, 3.8) is 0 Å². The molecule has 5 rings (SSSR count). The highest BCUT2D eigenvalue weighted by Gasteiger charge is 2.21. The summed E-state index contributed by atoms with van der Waals surface area (Å²) in [6, 6.07) is 13.2. The predicted molar refractivity (Wildman–Crippen MR) is 122 cm³/mol. The average molecular weight is 464 g/mol. The summed E-state index contributed by atoms with van der Waals surface area (Å²) in [7, 11) is 1.63. The molecule has 1 aliphatic heterocycles. The summed E-state index contributed by atoms with van der Waals surface area (Å²) in [4.78, 5) is 18.0. The van der Waals surface area contributed by atoms with E-state index in [9.17, 15) is 4.79 Å². The first-order valence-corrected chi connectivity index (χ1v) is 11.1. The van der Waals surface area contributed by atoms with Crippen LogP contribution in [0.2, 0.25) is 0 Å². The van der Waals surface area contributed by atoms with Crippen molar-refractivity contribution in [2.24, 2.45) is 0 Å². The molecule has 0 saturated carbocycles. The number of aryl methyl sites for hydroxylation is 1. The van der Waals surface area contributed by atoms with Crippen molar-refractivity contribution < 1.29 is 19.0 Å². The zero-order valence-corrected chi connectivity index (χ0v) is 19.1. The number of methoxy groups -OCH3 is 1. The van der Waals surface area contributed by atoms with Crippen molar-refractivity contribution in [1.29, 1.82) is 0 Å². The summed E-state index contributed by atoms with van der Waals surface area (Å²) in [5.74, 6) is 1.98. The van der Waals surface area contributed by atoms with Crippen LogP contribution in [0.25, 0.3) is 16.4 Å². The molecule has 0 bridgehead atoms. The van der Waals surface area contributed by atoms with E-state index in [1.54, 1.807) is 11.8 Å². The fraction of sp³-hybridized carbons (Fsp3) is 0.217.